The summed E-state index contributed by atoms with van der Waals surface area (Å²) < 4.78 is 0. The zero-order valence-electron chi connectivity index (χ0n) is 16.4. The maximum Gasteiger partial charge on any atom is 0.240 e. The molecule has 1 aliphatic rings. The number of carbonyl (C=O) groups excluding carboxylic acids is 2. The molecule has 1 saturated heterocycles. The monoisotopic (exact) mass is 402 g/mol. The zero-order valence-corrected chi connectivity index (χ0v) is 17.2. The number of nitrogens with one attached hydrogen (secondary N) is 2. The van der Waals surface area contributed by atoms with E-state index in [1.807, 2.05) is 31.7 Å². The largest absolute Gasteiger partial charge is 0.506 e. The van der Waals surface area contributed by atoms with E-state index in [0.717, 1.165) is 35.5 Å². The van der Waals surface area contributed by atoms with Gasteiger partial charge in [0, 0.05) is 11.4 Å². The minimum atomic E-state index is -0.216. The Hall–Kier alpha value is -2.45. The zero-order chi connectivity index (χ0) is 20.3. The number of rotatable bonds is 5. The highest BCUT2D eigenvalue weighted by atomic mass is 32.1. The van der Waals surface area contributed by atoms with Crippen LogP contribution < -0.4 is 10.6 Å². The van der Waals surface area contributed by atoms with Crippen molar-refractivity contribution in [2.75, 3.05) is 30.3 Å². The molecule has 0 spiro atoms. The maximum absolute atomic E-state index is 12.6. The van der Waals surface area contributed by atoms with Crippen molar-refractivity contribution in [3.8, 4) is 5.75 Å². The van der Waals surface area contributed by atoms with Crippen molar-refractivity contribution >= 4 is 34.0 Å². The van der Waals surface area contributed by atoms with E-state index in [4.69, 9.17) is 0 Å². The van der Waals surface area contributed by atoms with Crippen LogP contribution in [0.4, 0.5) is 10.8 Å². The van der Waals surface area contributed by atoms with Gasteiger partial charge in [0.15, 0.2) is 5.13 Å². The number of nitrogens with zero attached hydrogens (tertiary/aromatic N) is 2. The lowest BCUT2D eigenvalue weighted by Gasteiger charge is -2.31. The molecule has 1 aromatic carbocycles. The van der Waals surface area contributed by atoms with Crippen LogP contribution >= 0.6 is 11.3 Å². The van der Waals surface area contributed by atoms with Gasteiger partial charge in [0.25, 0.3) is 0 Å². The molecule has 1 unspecified atom stereocenters. The van der Waals surface area contributed by atoms with Crippen molar-refractivity contribution < 1.29 is 14.7 Å². The Labute approximate surface area is 168 Å². The summed E-state index contributed by atoms with van der Waals surface area (Å²) in [7, 11) is 0. The van der Waals surface area contributed by atoms with E-state index in [1.165, 1.54) is 11.3 Å². The summed E-state index contributed by atoms with van der Waals surface area (Å²) in [6, 6.07) is 5.17. The summed E-state index contributed by atoms with van der Waals surface area (Å²) in [5.74, 6) is -0.401. The Morgan fingerprint density at radius 3 is 2.75 bits per heavy atom. The number of amides is 2. The number of hydrogen-bond donors (Lipinski definition) is 3. The predicted molar refractivity (Wildman–Crippen MR) is 111 cm³/mol. The van der Waals surface area contributed by atoms with Gasteiger partial charge in [-0.1, -0.05) is 6.07 Å². The minimum absolute atomic E-state index is 0.0643. The third-order valence-electron chi connectivity index (χ3n) is 4.93. The molecule has 1 fully saturated rings. The Morgan fingerprint density at radius 1 is 1.29 bits per heavy atom. The lowest BCUT2D eigenvalue weighted by atomic mass is 9.97. The fourth-order valence-corrected chi connectivity index (χ4v) is 4.11. The molecular formula is C20H26N4O3S. The number of aryl methyl sites for hydroxylation is 3. The number of anilines is 2. The molecule has 1 aliphatic heterocycles. The molecule has 1 atom stereocenters. The van der Waals surface area contributed by atoms with Gasteiger partial charge in [-0.15, -0.1) is 11.3 Å². The van der Waals surface area contributed by atoms with Gasteiger partial charge in [-0.2, -0.15) is 0 Å². The standard InChI is InChI=1S/C20H26N4O3S/c1-12-6-7-16(17(25)9-12)22-19(27)15-5-4-8-24(10-15)11-18(26)23-20-21-13(2)14(3)28-20/h6-7,9,15,25H,4-5,8,10-11H2,1-3H3,(H,22,27)(H,21,23,26). The van der Waals surface area contributed by atoms with Crippen molar-refractivity contribution in [2.45, 2.75) is 33.6 Å². The highest BCUT2D eigenvalue weighted by molar-refractivity contribution is 7.15. The molecule has 0 saturated carbocycles. The normalized spacial score (nSPS) is 17.3. The maximum atomic E-state index is 12.6. The van der Waals surface area contributed by atoms with Gasteiger partial charge in [0.1, 0.15) is 5.75 Å². The molecule has 7 nitrogen and oxygen atoms in total. The van der Waals surface area contributed by atoms with Gasteiger partial charge in [0.2, 0.25) is 11.8 Å². The predicted octanol–water partition coefficient (Wildman–Crippen LogP) is 3.06. The molecule has 3 rings (SSSR count). The first-order chi connectivity index (χ1) is 13.3. The van der Waals surface area contributed by atoms with Gasteiger partial charge >= 0.3 is 0 Å². The van der Waals surface area contributed by atoms with Gasteiger partial charge in [-0.25, -0.2) is 4.98 Å². The Bertz CT molecular complexity index is 861. The molecule has 8 heteroatoms. The molecule has 2 amide bonds. The van der Waals surface area contributed by atoms with Gasteiger partial charge in [-0.3, -0.25) is 14.5 Å². The fourth-order valence-electron chi connectivity index (χ4n) is 3.28. The second-order valence-electron chi connectivity index (χ2n) is 7.29. The van der Waals surface area contributed by atoms with Crippen molar-refractivity contribution in [3.05, 3.63) is 34.3 Å². The highest BCUT2D eigenvalue weighted by Gasteiger charge is 2.27. The van der Waals surface area contributed by atoms with Gasteiger partial charge < -0.3 is 15.7 Å². The average molecular weight is 403 g/mol. The third kappa shape index (κ3) is 5.08. The lowest BCUT2D eigenvalue weighted by molar-refractivity contribution is -0.123. The van der Waals surface area contributed by atoms with E-state index in [0.29, 0.717) is 17.4 Å². The molecule has 3 N–H and O–H groups in total. The van der Waals surface area contributed by atoms with E-state index in [9.17, 15) is 14.7 Å². The Morgan fingerprint density at radius 2 is 2.07 bits per heavy atom. The molecule has 2 heterocycles. The summed E-state index contributed by atoms with van der Waals surface area (Å²) >= 11 is 1.46. The van der Waals surface area contributed by atoms with Crippen molar-refractivity contribution in [3.63, 3.8) is 0 Å². The van der Waals surface area contributed by atoms with Crippen LogP contribution in [0.3, 0.4) is 0 Å². The number of hydrogen-bond acceptors (Lipinski definition) is 6. The number of phenols is 1. The van der Waals surface area contributed by atoms with E-state index >= 15 is 0 Å². The van der Waals surface area contributed by atoms with Crippen LogP contribution in [-0.2, 0) is 9.59 Å². The number of likely N-dealkylation sites (tertiary alicyclic amines) is 1. The van der Waals surface area contributed by atoms with Crippen molar-refractivity contribution in [1.29, 1.82) is 0 Å². The average Bonchev–Trinajstić information content (AvgIpc) is 2.94. The Balaban J connectivity index is 1.54. The first kappa shape index (κ1) is 20.3. The van der Waals surface area contributed by atoms with Crippen LogP contribution in [0.2, 0.25) is 0 Å². The first-order valence-electron chi connectivity index (χ1n) is 9.38. The molecule has 2 aromatic rings. The van der Waals surface area contributed by atoms with E-state index in [2.05, 4.69) is 15.6 Å². The quantitative estimate of drug-likeness (QED) is 0.668. The number of thiazole rings is 1. The summed E-state index contributed by atoms with van der Waals surface area (Å²) in [5, 5.41) is 16.2. The van der Waals surface area contributed by atoms with Crippen LogP contribution in [0, 0.1) is 26.7 Å². The van der Waals surface area contributed by atoms with Crippen molar-refractivity contribution in [1.82, 2.24) is 9.88 Å². The molecule has 0 radical (unpaired) electrons. The summed E-state index contributed by atoms with van der Waals surface area (Å²) in [6.45, 7) is 7.30. The topological polar surface area (TPSA) is 94.6 Å². The second kappa shape index (κ2) is 8.70. The van der Waals surface area contributed by atoms with Crippen LogP contribution in [0.15, 0.2) is 18.2 Å². The number of aromatic nitrogens is 1. The third-order valence-corrected chi connectivity index (χ3v) is 5.92. The van der Waals surface area contributed by atoms with Gasteiger partial charge in [-0.05, 0) is 57.9 Å². The number of carbonyl (C=O) groups is 2. The van der Waals surface area contributed by atoms with Crippen LogP contribution in [0.25, 0.3) is 0 Å². The van der Waals surface area contributed by atoms with Crippen molar-refractivity contribution in [2.24, 2.45) is 5.92 Å². The van der Waals surface area contributed by atoms with Crippen LogP contribution in [-0.4, -0.2) is 46.4 Å². The summed E-state index contributed by atoms with van der Waals surface area (Å²) in [4.78, 5) is 32.3. The lowest BCUT2D eigenvalue weighted by Crippen LogP contribution is -2.44. The number of benzene rings is 1. The molecule has 0 bridgehead atoms. The summed E-state index contributed by atoms with van der Waals surface area (Å²) in [6.07, 6.45) is 1.61. The molecule has 1 aromatic heterocycles. The van der Waals surface area contributed by atoms with Crippen LogP contribution in [0.1, 0.15) is 29.0 Å². The molecule has 28 heavy (non-hydrogen) atoms. The number of aromatic hydroxyl groups is 1. The smallest absolute Gasteiger partial charge is 0.240 e. The van der Waals surface area contributed by atoms with E-state index < -0.39 is 0 Å². The highest BCUT2D eigenvalue weighted by Crippen LogP contribution is 2.26. The SMILES string of the molecule is Cc1ccc(NC(=O)C2CCCN(CC(=O)Nc3nc(C)c(C)s3)C2)c(O)c1. The fraction of sp³-hybridized carbons (Fsp3) is 0.450. The summed E-state index contributed by atoms with van der Waals surface area (Å²) in [5.41, 5.74) is 2.27. The van der Waals surface area contributed by atoms with Crippen LogP contribution in [0.5, 0.6) is 5.75 Å². The Kier molecular flexibility index (Phi) is 6.31. The molecule has 0 aliphatic carbocycles. The number of phenolic OH excluding ortho intramolecular Hbond substituents is 1. The number of piperidine rings is 1. The second-order valence-corrected chi connectivity index (χ2v) is 8.50. The molecular weight excluding hydrogens is 376 g/mol. The first-order valence-corrected chi connectivity index (χ1v) is 10.2. The minimum Gasteiger partial charge on any atom is -0.506 e. The molecule has 150 valence electrons. The van der Waals surface area contributed by atoms with E-state index in [1.54, 1.807) is 12.1 Å². The van der Waals surface area contributed by atoms with Gasteiger partial charge in [0.05, 0.1) is 23.8 Å². The van der Waals surface area contributed by atoms with E-state index in [-0.39, 0.29) is 30.0 Å².